The average Bonchev–Trinajstić information content (AvgIpc) is 2.39. The molecule has 0 atom stereocenters. The quantitative estimate of drug-likeness (QED) is 0.817. The third-order valence-electron chi connectivity index (χ3n) is 3.02. The Morgan fingerprint density at radius 3 is 2.38 bits per heavy atom. The Morgan fingerprint density at radius 1 is 1.19 bits per heavy atom. The number of primary amides is 1. The first-order chi connectivity index (χ1) is 9.88. The van der Waals surface area contributed by atoms with Crippen LogP contribution < -0.4 is 10.6 Å². The van der Waals surface area contributed by atoms with Gasteiger partial charge < -0.3 is 10.6 Å². The number of anilines is 1. The van der Waals surface area contributed by atoms with Crippen molar-refractivity contribution in [2.24, 2.45) is 5.73 Å². The van der Waals surface area contributed by atoms with Gasteiger partial charge in [-0.2, -0.15) is 0 Å². The largest absolute Gasteiger partial charge is 0.370 e. The number of nitrogens with two attached hydrogens (primary N) is 1. The van der Waals surface area contributed by atoms with E-state index in [1.54, 1.807) is 18.0 Å². The van der Waals surface area contributed by atoms with Crippen LogP contribution in [0.1, 0.15) is 15.9 Å². The second-order valence-corrected chi connectivity index (χ2v) is 6.46. The molecule has 2 aromatic carbocycles. The highest BCUT2D eigenvalue weighted by Gasteiger charge is 2.18. The standard InChI is InChI=1S/C15H13Br2FN2O/c1-20(8-9-2-4-10(16)5-3-9)13-7-11(17)6-12(18)14(13)15(19)21/h2-7H,8H2,1H3,(H2,19,21). The highest BCUT2D eigenvalue weighted by molar-refractivity contribution is 9.10. The maximum Gasteiger partial charge on any atom is 0.253 e. The van der Waals surface area contributed by atoms with E-state index < -0.39 is 11.7 Å². The molecule has 0 aliphatic rings. The Labute approximate surface area is 139 Å². The van der Waals surface area contributed by atoms with Crippen molar-refractivity contribution < 1.29 is 9.18 Å². The van der Waals surface area contributed by atoms with Gasteiger partial charge in [-0.15, -0.1) is 0 Å². The van der Waals surface area contributed by atoms with E-state index in [0.717, 1.165) is 10.0 Å². The van der Waals surface area contributed by atoms with Gasteiger partial charge in [-0.3, -0.25) is 4.79 Å². The third-order valence-corrected chi connectivity index (χ3v) is 4.01. The molecule has 0 bridgehead atoms. The van der Waals surface area contributed by atoms with Gasteiger partial charge in [-0.05, 0) is 29.8 Å². The van der Waals surface area contributed by atoms with Crippen molar-refractivity contribution in [1.82, 2.24) is 0 Å². The Kier molecular flexibility index (Phi) is 5.00. The molecule has 2 aromatic rings. The molecule has 0 fully saturated rings. The maximum absolute atomic E-state index is 14.0. The van der Waals surface area contributed by atoms with Crippen LogP contribution in [-0.2, 0) is 6.54 Å². The highest BCUT2D eigenvalue weighted by Crippen LogP contribution is 2.28. The topological polar surface area (TPSA) is 46.3 Å². The molecular formula is C15H13Br2FN2O. The SMILES string of the molecule is CN(Cc1ccc(Br)cc1)c1cc(Br)cc(F)c1C(N)=O. The molecule has 0 radical (unpaired) electrons. The van der Waals surface area contributed by atoms with Crippen LogP contribution in [0.3, 0.4) is 0 Å². The van der Waals surface area contributed by atoms with E-state index in [9.17, 15) is 9.18 Å². The van der Waals surface area contributed by atoms with Crippen molar-refractivity contribution in [3.05, 3.63) is 62.3 Å². The van der Waals surface area contributed by atoms with Gasteiger partial charge in [0.1, 0.15) is 5.82 Å². The summed E-state index contributed by atoms with van der Waals surface area (Å²) in [7, 11) is 1.79. The molecule has 0 heterocycles. The summed E-state index contributed by atoms with van der Waals surface area (Å²) < 4.78 is 15.5. The van der Waals surface area contributed by atoms with Crippen LogP contribution in [-0.4, -0.2) is 13.0 Å². The van der Waals surface area contributed by atoms with Gasteiger partial charge in [-0.1, -0.05) is 44.0 Å². The minimum absolute atomic E-state index is 0.0992. The van der Waals surface area contributed by atoms with Crippen molar-refractivity contribution in [2.45, 2.75) is 6.54 Å². The molecule has 0 aliphatic heterocycles. The summed E-state index contributed by atoms with van der Waals surface area (Å²) in [4.78, 5) is 13.3. The van der Waals surface area contributed by atoms with Crippen LogP contribution in [0.2, 0.25) is 0 Å². The summed E-state index contributed by atoms with van der Waals surface area (Å²) in [6.07, 6.45) is 0. The Morgan fingerprint density at radius 2 is 1.81 bits per heavy atom. The van der Waals surface area contributed by atoms with E-state index in [-0.39, 0.29) is 5.56 Å². The number of nitrogens with zero attached hydrogens (tertiary/aromatic N) is 1. The van der Waals surface area contributed by atoms with Crippen molar-refractivity contribution in [3.8, 4) is 0 Å². The van der Waals surface area contributed by atoms with Gasteiger partial charge in [0.2, 0.25) is 0 Å². The van der Waals surface area contributed by atoms with Crippen LogP contribution in [0.15, 0.2) is 45.3 Å². The van der Waals surface area contributed by atoms with Gasteiger partial charge in [0.05, 0.1) is 11.3 Å². The van der Waals surface area contributed by atoms with E-state index >= 15 is 0 Å². The molecule has 0 spiro atoms. The summed E-state index contributed by atoms with van der Waals surface area (Å²) in [5.74, 6) is -1.41. The van der Waals surface area contributed by atoms with Crippen LogP contribution in [0, 0.1) is 5.82 Å². The van der Waals surface area contributed by atoms with Crippen molar-refractivity contribution in [1.29, 1.82) is 0 Å². The lowest BCUT2D eigenvalue weighted by Crippen LogP contribution is -2.23. The molecule has 6 heteroatoms. The Balaban J connectivity index is 2.36. The van der Waals surface area contributed by atoms with Crippen molar-refractivity contribution in [2.75, 3.05) is 11.9 Å². The number of benzene rings is 2. The predicted molar refractivity (Wildman–Crippen MR) is 88.9 cm³/mol. The molecule has 0 aliphatic carbocycles. The van der Waals surface area contributed by atoms with Crippen molar-refractivity contribution in [3.63, 3.8) is 0 Å². The van der Waals surface area contributed by atoms with Gasteiger partial charge in [0, 0.05) is 22.5 Å². The number of rotatable bonds is 4. The van der Waals surface area contributed by atoms with Crippen LogP contribution >= 0.6 is 31.9 Å². The summed E-state index contributed by atoms with van der Waals surface area (Å²) in [6, 6.07) is 10.7. The molecule has 2 N–H and O–H groups in total. The monoisotopic (exact) mass is 414 g/mol. The molecule has 21 heavy (non-hydrogen) atoms. The summed E-state index contributed by atoms with van der Waals surface area (Å²) in [5, 5.41) is 0. The van der Waals surface area contributed by atoms with E-state index in [0.29, 0.717) is 16.7 Å². The molecule has 0 unspecified atom stereocenters. The molecule has 1 amide bonds. The smallest absolute Gasteiger partial charge is 0.253 e. The minimum Gasteiger partial charge on any atom is -0.370 e. The first-order valence-corrected chi connectivity index (χ1v) is 7.71. The molecule has 2 rings (SSSR count). The molecule has 0 aromatic heterocycles. The summed E-state index contributed by atoms with van der Waals surface area (Å²) in [6.45, 7) is 0.531. The molecule has 3 nitrogen and oxygen atoms in total. The zero-order valence-electron chi connectivity index (χ0n) is 11.2. The second kappa shape index (κ2) is 6.58. The molecular weight excluding hydrogens is 403 g/mol. The molecule has 110 valence electrons. The van der Waals surface area contributed by atoms with E-state index in [2.05, 4.69) is 31.9 Å². The lowest BCUT2D eigenvalue weighted by atomic mass is 10.1. The number of hydrogen-bond acceptors (Lipinski definition) is 2. The zero-order chi connectivity index (χ0) is 15.6. The number of amides is 1. The Hall–Kier alpha value is -1.40. The first kappa shape index (κ1) is 16.0. The number of carbonyl (C=O) groups excluding carboxylic acids is 1. The normalized spacial score (nSPS) is 10.5. The van der Waals surface area contributed by atoms with E-state index in [4.69, 9.17) is 5.73 Å². The first-order valence-electron chi connectivity index (χ1n) is 6.13. The number of carbonyl (C=O) groups is 1. The van der Waals surface area contributed by atoms with Crippen LogP contribution in [0.25, 0.3) is 0 Å². The highest BCUT2D eigenvalue weighted by atomic mass is 79.9. The third kappa shape index (κ3) is 3.83. The number of hydrogen-bond donors (Lipinski definition) is 1. The number of halogens is 3. The lowest BCUT2D eigenvalue weighted by molar-refractivity contribution is 0.0997. The fraction of sp³-hybridized carbons (Fsp3) is 0.133. The van der Waals surface area contributed by atoms with E-state index in [1.165, 1.54) is 6.07 Å². The van der Waals surface area contributed by atoms with Gasteiger partial charge in [-0.25, -0.2) is 4.39 Å². The van der Waals surface area contributed by atoms with Crippen molar-refractivity contribution >= 4 is 43.5 Å². The van der Waals surface area contributed by atoms with Crippen LogP contribution in [0.4, 0.5) is 10.1 Å². The van der Waals surface area contributed by atoms with Crippen LogP contribution in [0.5, 0.6) is 0 Å². The average molecular weight is 416 g/mol. The minimum atomic E-state index is -0.780. The van der Waals surface area contributed by atoms with Gasteiger partial charge >= 0.3 is 0 Å². The van der Waals surface area contributed by atoms with Gasteiger partial charge in [0.15, 0.2) is 0 Å². The fourth-order valence-electron chi connectivity index (χ4n) is 2.05. The fourth-order valence-corrected chi connectivity index (χ4v) is 2.74. The maximum atomic E-state index is 14.0. The lowest BCUT2D eigenvalue weighted by Gasteiger charge is -2.22. The zero-order valence-corrected chi connectivity index (χ0v) is 14.4. The molecule has 0 saturated heterocycles. The molecule has 0 saturated carbocycles. The summed E-state index contributed by atoms with van der Waals surface area (Å²) in [5.41, 5.74) is 6.68. The predicted octanol–water partition coefficient (Wildman–Crippen LogP) is 4.09. The second-order valence-electron chi connectivity index (χ2n) is 4.63. The van der Waals surface area contributed by atoms with E-state index in [1.807, 2.05) is 24.3 Å². The van der Waals surface area contributed by atoms with Gasteiger partial charge in [0.25, 0.3) is 5.91 Å². The Bertz CT molecular complexity index is 674. The summed E-state index contributed by atoms with van der Waals surface area (Å²) >= 11 is 6.61.